The molecule has 5 rings (SSSR count). The van der Waals surface area contributed by atoms with Crippen molar-refractivity contribution in [2.45, 2.75) is 32.2 Å². The first kappa shape index (κ1) is 18.7. The summed E-state index contributed by atoms with van der Waals surface area (Å²) in [6.45, 7) is 1.56. The summed E-state index contributed by atoms with van der Waals surface area (Å²) < 4.78 is 5.70. The molecule has 1 heterocycles. The van der Waals surface area contributed by atoms with E-state index in [-0.39, 0.29) is 11.7 Å². The van der Waals surface area contributed by atoms with Crippen LogP contribution in [0.4, 0.5) is 0 Å². The molecule has 0 saturated carbocycles. The molecule has 2 aliphatic rings. The Morgan fingerprint density at radius 2 is 1.80 bits per heavy atom. The highest BCUT2D eigenvalue weighted by Gasteiger charge is 2.21. The number of aromatic hydroxyl groups is 1. The van der Waals surface area contributed by atoms with Crippen LogP contribution in [0.5, 0.6) is 11.5 Å². The standard InChI is InChI=1S/C26H25NO3/c28-22-11-10-21-17-27(12-13-30-25(21)16-22)26(29)7-3-4-18-8-9-20-15-19-5-1-2-6-23(19)24(20)14-18/h1-2,5-6,8-11,14,16,28H,3-4,7,12-13,15,17H2. The van der Waals surface area contributed by atoms with Gasteiger partial charge in [0.2, 0.25) is 5.91 Å². The summed E-state index contributed by atoms with van der Waals surface area (Å²) in [5.41, 5.74) is 7.72. The van der Waals surface area contributed by atoms with E-state index in [4.69, 9.17) is 4.74 Å². The quantitative estimate of drug-likeness (QED) is 0.541. The Morgan fingerprint density at radius 3 is 2.73 bits per heavy atom. The maximum absolute atomic E-state index is 12.8. The first-order valence-corrected chi connectivity index (χ1v) is 10.6. The van der Waals surface area contributed by atoms with E-state index >= 15 is 0 Å². The number of amides is 1. The lowest BCUT2D eigenvalue weighted by Gasteiger charge is -2.20. The molecule has 4 nitrogen and oxygen atoms in total. The molecule has 0 atom stereocenters. The number of fused-ring (bicyclic) bond motifs is 4. The minimum atomic E-state index is 0.158. The summed E-state index contributed by atoms with van der Waals surface area (Å²) in [7, 11) is 0. The van der Waals surface area contributed by atoms with E-state index in [1.165, 1.54) is 27.8 Å². The average Bonchev–Trinajstić information content (AvgIpc) is 2.98. The minimum Gasteiger partial charge on any atom is -0.508 e. The Hall–Kier alpha value is -3.27. The summed E-state index contributed by atoms with van der Waals surface area (Å²) >= 11 is 0. The van der Waals surface area contributed by atoms with Crippen molar-refractivity contribution in [1.82, 2.24) is 4.90 Å². The predicted octanol–water partition coefficient (Wildman–Crippen LogP) is 4.71. The van der Waals surface area contributed by atoms with E-state index in [1.807, 2.05) is 11.0 Å². The third-order valence-electron chi connectivity index (χ3n) is 6.10. The molecule has 0 bridgehead atoms. The van der Waals surface area contributed by atoms with Crippen molar-refractivity contribution >= 4 is 5.91 Å². The van der Waals surface area contributed by atoms with Gasteiger partial charge >= 0.3 is 0 Å². The van der Waals surface area contributed by atoms with E-state index in [1.54, 1.807) is 12.1 Å². The van der Waals surface area contributed by atoms with Gasteiger partial charge in [-0.1, -0.05) is 42.5 Å². The molecule has 1 amide bonds. The second-order valence-corrected chi connectivity index (χ2v) is 8.13. The van der Waals surface area contributed by atoms with E-state index in [9.17, 15) is 9.90 Å². The zero-order valence-corrected chi connectivity index (χ0v) is 16.9. The fourth-order valence-corrected chi connectivity index (χ4v) is 4.50. The number of phenolic OH excluding ortho intramolecular Hbond substituents is 1. The molecule has 152 valence electrons. The van der Waals surface area contributed by atoms with Crippen LogP contribution in [0, 0.1) is 0 Å². The monoisotopic (exact) mass is 399 g/mol. The average molecular weight is 399 g/mol. The summed E-state index contributed by atoms with van der Waals surface area (Å²) in [5, 5.41) is 9.63. The summed E-state index contributed by atoms with van der Waals surface area (Å²) in [4.78, 5) is 14.7. The van der Waals surface area contributed by atoms with Gasteiger partial charge in [0.15, 0.2) is 0 Å². The fraction of sp³-hybridized carbons (Fsp3) is 0.269. The van der Waals surface area contributed by atoms with Crippen molar-refractivity contribution in [3.8, 4) is 22.6 Å². The molecule has 0 spiro atoms. The van der Waals surface area contributed by atoms with Crippen LogP contribution in [0.1, 0.15) is 35.1 Å². The molecule has 0 unspecified atom stereocenters. The van der Waals surface area contributed by atoms with Gasteiger partial charge < -0.3 is 14.7 Å². The first-order valence-electron chi connectivity index (χ1n) is 10.6. The summed E-state index contributed by atoms with van der Waals surface area (Å²) in [6.07, 6.45) is 3.27. The van der Waals surface area contributed by atoms with Crippen molar-refractivity contribution in [2.75, 3.05) is 13.2 Å². The lowest BCUT2D eigenvalue weighted by atomic mass is 10.00. The maximum atomic E-state index is 12.8. The van der Waals surface area contributed by atoms with Gasteiger partial charge in [-0.2, -0.15) is 0 Å². The molecular formula is C26H25NO3. The second-order valence-electron chi connectivity index (χ2n) is 8.13. The molecule has 0 radical (unpaired) electrons. The van der Waals surface area contributed by atoms with Crippen LogP contribution in [0.3, 0.4) is 0 Å². The topological polar surface area (TPSA) is 49.8 Å². The number of hydrogen-bond acceptors (Lipinski definition) is 3. The Bertz CT molecular complexity index is 1110. The summed E-state index contributed by atoms with van der Waals surface area (Å²) in [5.74, 6) is 1.01. The van der Waals surface area contributed by atoms with Gasteiger partial charge in [0, 0.05) is 24.6 Å². The number of carbonyl (C=O) groups excluding carboxylic acids is 1. The molecule has 3 aromatic rings. The second kappa shape index (κ2) is 7.86. The van der Waals surface area contributed by atoms with Crippen LogP contribution in [0.25, 0.3) is 11.1 Å². The van der Waals surface area contributed by atoms with Gasteiger partial charge in [-0.3, -0.25) is 4.79 Å². The van der Waals surface area contributed by atoms with Crippen molar-refractivity contribution < 1.29 is 14.6 Å². The van der Waals surface area contributed by atoms with E-state index in [0.29, 0.717) is 31.9 Å². The van der Waals surface area contributed by atoms with Crippen LogP contribution in [-0.2, 0) is 24.2 Å². The third kappa shape index (κ3) is 3.65. The number of ether oxygens (including phenoxy) is 1. The molecule has 30 heavy (non-hydrogen) atoms. The lowest BCUT2D eigenvalue weighted by molar-refractivity contribution is -0.132. The molecule has 0 saturated heterocycles. The molecule has 3 aromatic carbocycles. The number of benzene rings is 3. The lowest BCUT2D eigenvalue weighted by Crippen LogP contribution is -2.32. The van der Waals surface area contributed by atoms with Crippen molar-refractivity contribution in [2.24, 2.45) is 0 Å². The van der Waals surface area contributed by atoms with E-state index < -0.39 is 0 Å². The SMILES string of the molecule is O=C(CCCc1ccc2c(c1)-c1ccccc1C2)N1CCOc2cc(O)ccc2C1. The van der Waals surface area contributed by atoms with Gasteiger partial charge in [-0.15, -0.1) is 0 Å². The Kier molecular flexibility index (Phi) is 4.91. The van der Waals surface area contributed by atoms with Gasteiger partial charge in [0.25, 0.3) is 0 Å². The highest BCUT2D eigenvalue weighted by molar-refractivity contribution is 5.77. The highest BCUT2D eigenvalue weighted by Crippen LogP contribution is 2.37. The molecule has 0 aromatic heterocycles. The number of aryl methyl sites for hydroxylation is 1. The molecule has 1 aliphatic heterocycles. The van der Waals surface area contributed by atoms with Crippen LogP contribution < -0.4 is 4.74 Å². The minimum absolute atomic E-state index is 0.158. The van der Waals surface area contributed by atoms with Crippen molar-refractivity contribution in [3.63, 3.8) is 0 Å². The highest BCUT2D eigenvalue weighted by atomic mass is 16.5. The molecule has 1 aliphatic carbocycles. The van der Waals surface area contributed by atoms with Gasteiger partial charge in [-0.05, 0) is 59.2 Å². The normalized spacial score (nSPS) is 14.3. The number of hydrogen-bond donors (Lipinski definition) is 1. The van der Waals surface area contributed by atoms with Crippen LogP contribution >= 0.6 is 0 Å². The smallest absolute Gasteiger partial charge is 0.222 e. The van der Waals surface area contributed by atoms with Gasteiger partial charge in [0.1, 0.15) is 18.1 Å². The Morgan fingerprint density at radius 1 is 0.967 bits per heavy atom. The largest absolute Gasteiger partial charge is 0.508 e. The maximum Gasteiger partial charge on any atom is 0.222 e. The number of phenols is 1. The van der Waals surface area contributed by atoms with Crippen LogP contribution in [0.15, 0.2) is 60.7 Å². The molecule has 4 heteroatoms. The Balaban J connectivity index is 1.21. The fourth-order valence-electron chi connectivity index (χ4n) is 4.50. The molecule has 0 fully saturated rings. The Labute approximate surface area is 176 Å². The first-order chi connectivity index (χ1) is 14.7. The van der Waals surface area contributed by atoms with Gasteiger partial charge in [0.05, 0.1) is 6.54 Å². The van der Waals surface area contributed by atoms with Crippen molar-refractivity contribution in [1.29, 1.82) is 0 Å². The van der Waals surface area contributed by atoms with Crippen LogP contribution in [0.2, 0.25) is 0 Å². The zero-order chi connectivity index (χ0) is 20.5. The van der Waals surface area contributed by atoms with Crippen molar-refractivity contribution in [3.05, 3.63) is 82.9 Å². The zero-order valence-electron chi connectivity index (χ0n) is 16.9. The number of nitrogens with zero attached hydrogens (tertiary/aromatic N) is 1. The third-order valence-corrected chi connectivity index (χ3v) is 6.10. The number of carbonyl (C=O) groups is 1. The summed E-state index contributed by atoms with van der Waals surface area (Å²) in [6, 6.07) is 20.5. The molecule has 1 N–H and O–H groups in total. The van der Waals surface area contributed by atoms with Crippen LogP contribution in [-0.4, -0.2) is 29.1 Å². The molecular weight excluding hydrogens is 374 g/mol. The van der Waals surface area contributed by atoms with Gasteiger partial charge in [-0.25, -0.2) is 0 Å². The van der Waals surface area contributed by atoms with E-state index in [2.05, 4.69) is 42.5 Å². The van der Waals surface area contributed by atoms with E-state index in [0.717, 1.165) is 24.8 Å². The predicted molar refractivity (Wildman–Crippen MR) is 117 cm³/mol. The number of rotatable bonds is 4.